The van der Waals surface area contributed by atoms with Crippen molar-refractivity contribution in [1.29, 1.82) is 0 Å². The predicted molar refractivity (Wildman–Crippen MR) is 81.4 cm³/mol. The molecule has 1 aromatic rings. The maximum Gasteiger partial charge on any atom is 0.234 e. The van der Waals surface area contributed by atoms with Crippen LogP contribution in [-0.2, 0) is 4.79 Å². The Morgan fingerprint density at radius 2 is 2.26 bits per heavy atom. The van der Waals surface area contributed by atoms with Crippen LogP contribution in [0.2, 0.25) is 5.02 Å². The molecule has 0 radical (unpaired) electrons. The largest absolute Gasteiger partial charge is 0.358 e. The zero-order valence-electron chi connectivity index (χ0n) is 11.1. The molecule has 1 N–H and O–H groups in total. The lowest BCUT2D eigenvalue weighted by Crippen LogP contribution is -2.39. The highest BCUT2D eigenvalue weighted by Gasteiger charge is 2.21. The summed E-state index contributed by atoms with van der Waals surface area (Å²) in [4.78, 5) is 11.4. The second-order valence-electron chi connectivity index (χ2n) is 4.51. The van der Waals surface area contributed by atoms with E-state index in [2.05, 4.69) is 20.0 Å². The summed E-state index contributed by atoms with van der Waals surface area (Å²) in [5, 5.41) is 3.43. The van der Waals surface area contributed by atoms with Gasteiger partial charge in [-0.05, 0) is 31.0 Å². The highest BCUT2D eigenvalue weighted by molar-refractivity contribution is 7.98. The van der Waals surface area contributed by atoms with Gasteiger partial charge < -0.3 is 9.62 Å². The molecule has 2 rings (SSSR count). The first-order chi connectivity index (χ1) is 9.10. The maximum absolute atomic E-state index is 11.4. The first-order valence-electron chi connectivity index (χ1n) is 6.27. The third kappa shape index (κ3) is 3.78. The molecule has 1 saturated heterocycles. The molecule has 1 aromatic carbocycles. The molecule has 0 unspecified atom stereocenters. The number of amides is 1. The molecule has 4 nitrogen and oxygen atoms in total. The molecule has 0 atom stereocenters. The molecule has 1 aliphatic heterocycles. The van der Waals surface area contributed by atoms with Gasteiger partial charge in [0.05, 0.1) is 6.54 Å². The predicted octanol–water partition coefficient (Wildman–Crippen LogP) is 2.47. The number of nitrogens with one attached hydrogen (secondary N) is 1. The number of halogens is 1. The van der Waals surface area contributed by atoms with Gasteiger partial charge in [0, 0.05) is 43.0 Å². The van der Waals surface area contributed by atoms with Gasteiger partial charge in [0.15, 0.2) is 0 Å². The van der Waals surface area contributed by atoms with Crippen LogP contribution in [0.25, 0.3) is 0 Å². The van der Waals surface area contributed by atoms with Gasteiger partial charge >= 0.3 is 0 Å². The molecular weight excluding hydrogens is 282 g/mol. The van der Waals surface area contributed by atoms with Gasteiger partial charge in [-0.1, -0.05) is 17.7 Å². The topological polar surface area (TPSA) is 35.6 Å². The quantitative estimate of drug-likeness (QED) is 0.870. The van der Waals surface area contributed by atoms with E-state index in [1.807, 2.05) is 19.1 Å². The summed E-state index contributed by atoms with van der Waals surface area (Å²) in [7, 11) is 1.66. The Morgan fingerprint density at radius 1 is 1.47 bits per heavy atom. The van der Waals surface area contributed by atoms with Crippen LogP contribution in [0, 0.1) is 6.92 Å². The SMILES string of the molecule is CNC(=O)CN1CCCN(c2ccc(C)c(Cl)c2)S1. The van der Waals surface area contributed by atoms with Crippen molar-refractivity contribution in [3.05, 3.63) is 28.8 Å². The molecule has 0 spiro atoms. The summed E-state index contributed by atoms with van der Waals surface area (Å²) in [5.41, 5.74) is 2.16. The van der Waals surface area contributed by atoms with Gasteiger partial charge in [-0.2, -0.15) is 0 Å². The van der Waals surface area contributed by atoms with Crippen molar-refractivity contribution in [2.75, 3.05) is 31.0 Å². The Labute approximate surface area is 123 Å². The molecular formula is C13H18ClN3OS. The summed E-state index contributed by atoms with van der Waals surface area (Å²) >= 11 is 7.75. The zero-order chi connectivity index (χ0) is 13.8. The Morgan fingerprint density at radius 3 is 2.95 bits per heavy atom. The number of anilines is 1. The summed E-state index contributed by atoms with van der Waals surface area (Å²) in [6, 6.07) is 6.07. The van der Waals surface area contributed by atoms with Crippen LogP contribution < -0.4 is 9.62 Å². The molecule has 104 valence electrons. The van der Waals surface area contributed by atoms with Gasteiger partial charge in [-0.3, -0.25) is 4.79 Å². The van der Waals surface area contributed by atoms with E-state index in [1.165, 1.54) is 0 Å². The van der Waals surface area contributed by atoms with Gasteiger partial charge in [0.1, 0.15) is 0 Å². The molecule has 0 aliphatic carbocycles. The number of benzene rings is 1. The minimum atomic E-state index is 0.0382. The number of hydrogen-bond donors (Lipinski definition) is 1. The van der Waals surface area contributed by atoms with Crippen molar-refractivity contribution in [3.63, 3.8) is 0 Å². The second kappa shape index (κ2) is 6.50. The number of hydrogen-bond acceptors (Lipinski definition) is 4. The molecule has 0 saturated carbocycles. The summed E-state index contributed by atoms with van der Waals surface area (Å²) < 4.78 is 4.24. The summed E-state index contributed by atoms with van der Waals surface area (Å²) in [5.74, 6) is 0.0382. The standard InChI is InChI=1S/C13H18ClN3OS/c1-10-4-5-11(8-12(10)14)17-7-3-6-16(19-17)9-13(18)15-2/h4-5,8H,3,6-7,9H2,1-2H3,(H,15,18). The molecule has 1 fully saturated rings. The fourth-order valence-electron chi connectivity index (χ4n) is 1.87. The number of aryl methyl sites for hydroxylation is 1. The fraction of sp³-hybridized carbons (Fsp3) is 0.462. The van der Waals surface area contributed by atoms with Crippen LogP contribution in [0.4, 0.5) is 5.69 Å². The summed E-state index contributed by atoms with van der Waals surface area (Å²) in [6.07, 6.45) is 1.04. The van der Waals surface area contributed by atoms with Crippen molar-refractivity contribution in [2.45, 2.75) is 13.3 Å². The van der Waals surface area contributed by atoms with Crippen LogP contribution in [0.15, 0.2) is 18.2 Å². The van der Waals surface area contributed by atoms with E-state index in [-0.39, 0.29) is 5.91 Å². The molecule has 0 aromatic heterocycles. The highest BCUT2D eigenvalue weighted by atomic mass is 35.5. The van der Waals surface area contributed by atoms with Gasteiger partial charge in [0.25, 0.3) is 0 Å². The van der Waals surface area contributed by atoms with Crippen molar-refractivity contribution in [2.24, 2.45) is 0 Å². The lowest BCUT2D eigenvalue weighted by Gasteiger charge is -2.34. The first kappa shape index (κ1) is 14.5. The van der Waals surface area contributed by atoms with Crippen LogP contribution in [0.1, 0.15) is 12.0 Å². The van der Waals surface area contributed by atoms with Crippen LogP contribution in [0.5, 0.6) is 0 Å². The smallest absolute Gasteiger partial charge is 0.234 e. The third-order valence-corrected chi connectivity index (χ3v) is 4.57. The van der Waals surface area contributed by atoms with E-state index in [1.54, 1.807) is 19.2 Å². The molecule has 1 aliphatic rings. The maximum atomic E-state index is 11.4. The molecule has 19 heavy (non-hydrogen) atoms. The molecule has 6 heteroatoms. The lowest BCUT2D eigenvalue weighted by molar-refractivity contribution is -0.120. The van der Waals surface area contributed by atoms with Gasteiger partial charge in [0.2, 0.25) is 5.91 Å². The Kier molecular flexibility index (Phi) is 4.96. The van der Waals surface area contributed by atoms with Crippen LogP contribution in [0.3, 0.4) is 0 Å². The normalized spacial score (nSPS) is 16.5. The molecule has 1 amide bonds. The Bertz CT molecular complexity index is 469. The van der Waals surface area contributed by atoms with Crippen LogP contribution >= 0.6 is 23.7 Å². The number of carbonyl (C=O) groups excluding carboxylic acids is 1. The highest BCUT2D eigenvalue weighted by Crippen LogP contribution is 2.31. The number of rotatable bonds is 3. The zero-order valence-corrected chi connectivity index (χ0v) is 12.7. The van der Waals surface area contributed by atoms with Crippen molar-refractivity contribution >= 4 is 35.3 Å². The first-order valence-corrected chi connectivity index (χ1v) is 7.38. The second-order valence-corrected chi connectivity index (χ2v) is 6.04. The minimum Gasteiger partial charge on any atom is -0.358 e. The van der Waals surface area contributed by atoms with Gasteiger partial charge in [-0.25, -0.2) is 4.31 Å². The van der Waals surface area contributed by atoms with E-state index < -0.39 is 0 Å². The van der Waals surface area contributed by atoms with Crippen molar-refractivity contribution < 1.29 is 4.79 Å². The van der Waals surface area contributed by atoms with E-state index >= 15 is 0 Å². The Hall–Kier alpha value is -0.910. The monoisotopic (exact) mass is 299 g/mol. The minimum absolute atomic E-state index is 0.0382. The molecule has 0 bridgehead atoms. The lowest BCUT2D eigenvalue weighted by atomic mass is 10.2. The number of likely N-dealkylation sites (N-methyl/N-ethyl adjacent to an activating group) is 1. The molecule has 1 heterocycles. The van der Waals surface area contributed by atoms with Crippen molar-refractivity contribution in [1.82, 2.24) is 9.62 Å². The third-order valence-electron chi connectivity index (χ3n) is 3.02. The summed E-state index contributed by atoms with van der Waals surface area (Å²) in [6.45, 7) is 4.30. The van der Waals surface area contributed by atoms with Crippen molar-refractivity contribution in [3.8, 4) is 0 Å². The van der Waals surface area contributed by atoms with E-state index in [0.717, 1.165) is 35.8 Å². The van der Waals surface area contributed by atoms with Crippen LogP contribution in [-0.4, -0.2) is 36.9 Å². The number of nitrogens with zero attached hydrogens (tertiary/aromatic N) is 2. The van der Waals surface area contributed by atoms with Gasteiger partial charge in [-0.15, -0.1) is 0 Å². The van der Waals surface area contributed by atoms with E-state index in [0.29, 0.717) is 6.54 Å². The Balaban J connectivity index is 2.04. The average Bonchev–Trinajstić information content (AvgIpc) is 2.42. The van der Waals surface area contributed by atoms with E-state index in [9.17, 15) is 4.79 Å². The average molecular weight is 300 g/mol. The fourth-order valence-corrected chi connectivity index (χ4v) is 3.13. The number of carbonyl (C=O) groups is 1. The van der Waals surface area contributed by atoms with E-state index in [4.69, 9.17) is 11.6 Å².